The summed E-state index contributed by atoms with van der Waals surface area (Å²) in [5.74, 6) is 1.02. The Hall–Kier alpha value is -3.52. The Balaban J connectivity index is 1.90. The third-order valence-electron chi connectivity index (χ3n) is 5.75. The Morgan fingerprint density at radius 2 is 1.54 bits per heavy atom. The number of ether oxygens (including phenoxy) is 3. The smallest absolute Gasteiger partial charge is 0.261 e. The van der Waals surface area contributed by atoms with E-state index in [1.165, 1.54) is 0 Å². The highest BCUT2D eigenvalue weighted by Crippen LogP contribution is 2.27. The van der Waals surface area contributed by atoms with E-state index in [9.17, 15) is 9.59 Å². The van der Waals surface area contributed by atoms with Crippen LogP contribution in [0.3, 0.4) is 0 Å². The Bertz CT molecular complexity index is 1150. The Morgan fingerprint density at radius 1 is 0.892 bits per heavy atom. The minimum atomic E-state index is -0.719. The summed E-state index contributed by atoms with van der Waals surface area (Å²) < 4.78 is 17.4. The molecule has 3 rings (SSSR count). The summed E-state index contributed by atoms with van der Waals surface area (Å²) in [5, 5.41) is 2.97. The fourth-order valence-electron chi connectivity index (χ4n) is 3.84. The van der Waals surface area contributed by atoms with Crippen LogP contribution in [0.15, 0.2) is 77.3 Å². The van der Waals surface area contributed by atoms with Crippen LogP contribution in [0.1, 0.15) is 24.5 Å². The third kappa shape index (κ3) is 8.53. The van der Waals surface area contributed by atoms with E-state index >= 15 is 0 Å². The van der Waals surface area contributed by atoms with Crippen LogP contribution in [-0.4, -0.2) is 50.1 Å². The van der Waals surface area contributed by atoms with Crippen LogP contribution < -0.4 is 19.5 Å². The molecule has 1 N–H and O–H groups in total. The van der Waals surface area contributed by atoms with Gasteiger partial charge >= 0.3 is 0 Å². The lowest BCUT2D eigenvalue weighted by atomic mass is 10.0. The van der Waals surface area contributed by atoms with Crippen LogP contribution in [0.5, 0.6) is 17.2 Å². The fourth-order valence-corrected chi connectivity index (χ4v) is 4.29. The Morgan fingerprint density at radius 3 is 2.16 bits per heavy atom. The molecule has 1 unspecified atom stereocenters. The van der Waals surface area contributed by atoms with Crippen molar-refractivity contribution in [3.8, 4) is 17.2 Å². The van der Waals surface area contributed by atoms with Crippen molar-refractivity contribution in [1.29, 1.82) is 0 Å². The first-order valence-electron chi connectivity index (χ1n) is 12.1. The van der Waals surface area contributed by atoms with Crippen molar-refractivity contribution in [3.63, 3.8) is 0 Å². The van der Waals surface area contributed by atoms with Crippen LogP contribution in [0.2, 0.25) is 0 Å². The van der Waals surface area contributed by atoms with Gasteiger partial charge in [-0.1, -0.05) is 65.3 Å². The SMILES string of the molecule is CCCNC(=O)C(Cc1ccccc1)N(Cc1cccc(Br)c1)C(=O)COc1cc(OC)cc(OC)c1. The number of hydrogen-bond acceptors (Lipinski definition) is 5. The molecule has 0 saturated carbocycles. The van der Waals surface area contributed by atoms with Gasteiger partial charge in [-0.25, -0.2) is 0 Å². The fraction of sp³-hybridized carbons (Fsp3) is 0.310. The standard InChI is InChI=1S/C29H33BrN2O5/c1-4-13-31-29(34)27(15-21-9-6-5-7-10-21)32(19-22-11-8-12-23(30)14-22)28(33)20-37-26-17-24(35-2)16-25(18-26)36-3/h5-12,14,16-18,27H,4,13,15,19-20H2,1-3H3,(H,31,34). The molecule has 0 spiro atoms. The number of hydrogen-bond donors (Lipinski definition) is 1. The van der Waals surface area contributed by atoms with Gasteiger partial charge in [0, 0.05) is 42.2 Å². The third-order valence-corrected chi connectivity index (χ3v) is 6.24. The highest BCUT2D eigenvalue weighted by Gasteiger charge is 2.30. The van der Waals surface area contributed by atoms with Crippen LogP contribution in [-0.2, 0) is 22.6 Å². The molecule has 0 bridgehead atoms. The number of halogens is 1. The van der Waals surface area contributed by atoms with Gasteiger partial charge in [-0.15, -0.1) is 0 Å². The maximum atomic E-state index is 13.7. The average Bonchev–Trinajstić information content (AvgIpc) is 2.92. The van der Waals surface area contributed by atoms with E-state index in [4.69, 9.17) is 14.2 Å². The van der Waals surface area contributed by atoms with E-state index in [2.05, 4.69) is 21.2 Å². The highest BCUT2D eigenvalue weighted by molar-refractivity contribution is 9.10. The average molecular weight is 569 g/mol. The quantitative estimate of drug-likeness (QED) is 0.313. The first kappa shape index (κ1) is 28.1. The molecule has 0 aliphatic carbocycles. The molecule has 0 aromatic heterocycles. The second-order valence-electron chi connectivity index (χ2n) is 8.49. The van der Waals surface area contributed by atoms with Crippen molar-refractivity contribution in [1.82, 2.24) is 10.2 Å². The highest BCUT2D eigenvalue weighted by atomic mass is 79.9. The molecule has 2 amide bonds. The molecule has 3 aromatic carbocycles. The molecule has 7 nitrogen and oxygen atoms in total. The van der Waals surface area contributed by atoms with E-state index in [-0.39, 0.29) is 25.0 Å². The van der Waals surface area contributed by atoms with Gasteiger partial charge in [-0.05, 0) is 29.7 Å². The first-order chi connectivity index (χ1) is 17.9. The zero-order valence-corrected chi connectivity index (χ0v) is 23.0. The van der Waals surface area contributed by atoms with Crippen molar-refractivity contribution in [2.45, 2.75) is 32.4 Å². The maximum absolute atomic E-state index is 13.7. The predicted octanol–water partition coefficient (Wildman–Crippen LogP) is 5.01. The molecular formula is C29H33BrN2O5. The molecule has 0 aliphatic rings. The number of methoxy groups -OCH3 is 2. The van der Waals surface area contributed by atoms with Gasteiger partial charge in [-0.3, -0.25) is 9.59 Å². The van der Waals surface area contributed by atoms with Gasteiger partial charge in [0.2, 0.25) is 5.91 Å². The molecule has 0 radical (unpaired) electrons. The lowest BCUT2D eigenvalue weighted by Gasteiger charge is -2.31. The summed E-state index contributed by atoms with van der Waals surface area (Å²) in [4.78, 5) is 28.6. The van der Waals surface area contributed by atoms with Crippen molar-refractivity contribution in [3.05, 3.63) is 88.4 Å². The minimum Gasteiger partial charge on any atom is -0.496 e. The number of nitrogens with one attached hydrogen (secondary N) is 1. The van der Waals surface area contributed by atoms with Crippen LogP contribution in [0, 0.1) is 0 Å². The van der Waals surface area contributed by atoms with Gasteiger partial charge in [0.05, 0.1) is 14.2 Å². The first-order valence-corrected chi connectivity index (χ1v) is 12.9. The maximum Gasteiger partial charge on any atom is 0.261 e. The Kier molecular flexibility index (Phi) is 10.8. The molecule has 0 aliphatic heterocycles. The summed E-state index contributed by atoms with van der Waals surface area (Å²) in [6.07, 6.45) is 1.17. The van der Waals surface area contributed by atoms with E-state index in [0.717, 1.165) is 22.0 Å². The number of carbonyl (C=O) groups is 2. The van der Waals surface area contributed by atoms with Gasteiger partial charge in [0.25, 0.3) is 5.91 Å². The van der Waals surface area contributed by atoms with Gasteiger partial charge in [-0.2, -0.15) is 0 Å². The number of benzene rings is 3. The zero-order valence-electron chi connectivity index (χ0n) is 21.4. The summed E-state index contributed by atoms with van der Waals surface area (Å²) in [6.45, 7) is 2.52. The monoisotopic (exact) mass is 568 g/mol. The summed E-state index contributed by atoms with van der Waals surface area (Å²) >= 11 is 3.50. The van der Waals surface area contributed by atoms with Crippen molar-refractivity contribution in [2.24, 2.45) is 0 Å². The molecule has 8 heteroatoms. The molecule has 1 atom stereocenters. The normalized spacial score (nSPS) is 11.4. The number of amides is 2. The van der Waals surface area contributed by atoms with Crippen LogP contribution in [0.25, 0.3) is 0 Å². The van der Waals surface area contributed by atoms with Gasteiger partial charge in [0.1, 0.15) is 23.3 Å². The topological polar surface area (TPSA) is 77.1 Å². The summed E-state index contributed by atoms with van der Waals surface area (Å²) in [6, 6.07) is 21.8. The van der Waals surface area contributed by atoms with Gasteiger partial charge in [0.15, 0.2) is 6.61 Å². The number of carbonyl (C=O) groups excluding carboxylic acids is 2. The molecular weight excluding hydrogens is 536 g/mol. The van der Waals surface area contributed by atoms with Crippen LogP contribution >= 0.6 is 15.9 Å². The zero-order chi connectivity index (χ0) is 26.6. The second kappa shape index (κ2) is 14.3. The molecule has 3 aromatic rings. The minimum absolute atomic E-state index is 0.197. The Labute approximate surface area is 226 Å². The number of rotatable bonds is 13. The second-order valence-corrected chi connectivity index (χ2v) is 9.40. The largest absolute Gasteiger partial charge is 0.496 e. The molecule has 196 valence electrons. The van der Waals surface area contributed by atoms with E-state index in [1.54, 1.807) is 37.3 Å². The van der Waals surface area contributed by atoms with E-state index < -0.39 is 6.04 Å². The van der Waals surface area contributed by atoms with Crippen molar-refractivity contribution >= 4 is 27.7 Å². The lowest BCUT2D eigenvalue weighted by molar-refractivity contribution is -0.142. The van der Waals surface area contributed by atoms with E-state index in [0.29, 0.717) is 30.2 Å². The molecule has 0 heterocycles. The van der Waals surface area contributed by atoms with Gasteiger partial charge < -0.3 is 24.4 Å². The predicted molar refractivity (Wildman–Crippen MR) is 147 cm³/mol. The number of nitrogens with zero attached hydrogens (tertiary/aromatic N) is 1. The van der Waals surface area contributed by atoms with Crippen molar-refractivity contribution < 1.29 is 23.8 Å². The van der Waals surface area contributed by atoms with E-state index in [1.807, 2.05) is 61.5 Å². The molecule has 0 fully saturated rings. The van der Waals surface area contributed by atoms with Crippen LogP contribution in [0.4, 0.5) is 0 Å². The molecule has 37 heavy (non-hydrogen) atoms. The van der Waals surface area contributed by atoms with Crippen molar-refractivity contribution in [2.75, 3.05) is 27.4 Å². The molecule has 0 saturated heterocycles. The summed E-state index contributed by atoms with van der Waals surface area (Å²) in [7, 11) is 3.10. The lowest BCUT2D eigenvalue weighted by Crippen LogP contribution is -2.51. The summed E-state index contributed by atoms with van der Waals surface area (Å²) in [5.41, 5.74) is 1.86.